The first-order valence-electron chi connectivity index (χ1n) is 5.05. The third-order valence-corrected chi connectivity index (χ3v) is 2.90. The summed E-state index contributed by atoms with van der Waals surface area (Å²) in [7, 11) is 0. The highest BCUT2D eigenvalue weighted by Gasteiger charge is 2.12. The molecule has 0 amide bonds. The first-order chi connectivity index (χ1) is 6.75. The lowest BCUT2D eigenvalue weighted by molar-refractivity contribution is 0.538. The van der Waals surface area contributed by atoms with Crippen LogP contribution in [0.4, 0.5) is 0 Å². The molecule has 0 aliphatic carbocycles. The Labute approximate surface area is 89.8 Å². The maximum Gasteiger partial charge on any atom is 0.0420 e. The van der Waals surface area contributed by atoms with Crippen LogP contribution in [0.25, 0.3) is 0 Å². The van der Waals surface area contributed by atoms with Crippen LogP contribution in [0, 0.1) is 5.92 Å². The van der Waals surface area contributed by atoms with E-state index in [0.29, 0.717) is 0 Å². The first kappa shape index (κ1) is 9.72. The lowest BCUT2D eigenvalue weighted by Crippen LogP contribution is -2.13. The second-order valence-electron chi connectivity index (χ2n) is 3.94. The van der Waals surface area contributed by atoms with E-state index in [1.54, 1.807) is 0 Å². The van der Waals surface area contributed by atoms with Gasteiger partial charge in [0.15, 0.2) is 0 Å². The second-order valence-corrected chi connectivity index (χ2v) is 4.37. The van der Waals surface area contributed by atoms with Crippen LogP contribution in [0.3, 0.4) is 0 Å². The number of halogens is 1. The molecule has 1 aromatic carbocycles. The molecule has 74 valence electrons. The third-order valence-electron chi connectivity index (χ3n) is 2.65. The Morgan fingerprint density at radius 1 is 1.29 bits per heavy atom. The van der Waals surface area contributed by atoms with Crippen LogP contribution in [0.5, 0.6) is 0 Å². The molecule has 1 nitrogen and oxygen atoms in total. The topological polar surface area (TPSA) is 12.4 Å². The van der Waals surface area contributed by atoms with E-state index in [4.69, 9.17) is 11.6 Å². The molecular formula is C12H14ClN. The number of rotatable bonds is 1. The number of aliphatic imine (C=N–C) groups is 1. The van der Waals surface area contributed by atoms with Gasteiger partial charge in [-0.1, -0.05) is 30.7 Å². The van der Waals surface area contributed by atoms with Crippen LogP contribution in [-0.2, 0) is 0 Å². The second kappa shape index (κ2) is 4.14. The summed E-state index contributed by atoms with van der Waals surface area (Å²) in [6.45, 7) is 3.22. The van der Waals surface area contributed by atoms with Crippen LogP contribution in [-0.4, -0.2) is 12.3 Å². The van der Waals surface area contributed by atoms with E-state index in [0.717, 1.165) is 23.9 Å². The number of hydrogen-bond donors (Lipinski definition) is 0. The van der Waals surface area contributed by atoms with Crippen LogP contribution >= 0.6 is 11.6 Å². The van der Waals surface area contributed by atoms with Gasteiger partial charge in [0, 0.05) is 17.3 Å². The zero-order valence-electron chi connectivity index (χ0n) is 8.33. The minimum Gasteiger partial charge on any atom is -0.289 e. The van der Waals surface area contributed by atoms with Gasteiger partial charge in [0.1, 0.15) is 0 Å². The van der Waals surface area contributed by atoms with Gasteiger partial charge in [-0.3, -0.25) is 4.99 Å². The highest BCUT2D eigenvalue weighted by atomic mass is 35.5. The zero-order valence-corrected chi connectivity index (χ0v) is 9.09. The highest BCUT2D eigenvalue weighted by molar-refractivity contribution is 6.30. The standard InChI is InChI=1S/C12H14ClN/c1-9-2-7-12(14-8-9)10-3-5-11(13)6-4-10/h3-6,9H,2,7-8H2,1H3. The Morgan fingerprint density at radius 2 is 2.00 bits per heavy atom. The molecule has 2 rings (SSSR count). The molecule has 1 atom stereocenters. The largest absolute Gasteiger partial charge is 0.289 e. The van der Waals surface area contributed by atoms with Crippen LogP contribution in [0.1, 0.15) is 25.3 Å². The molecular weight excluding hydrogens is 194 g/mol. The average Bonchev–Trinajstić information content (AvgIpc) is 2.21. The van der Waals surface area contributed by atoms with E-state index in [1.807, 2.05) is 12.1 Å². The molecule has 1 heterocycles. The minimum atomic E-state index is 0.742. The molecule has 0 spiro atoms. The Balaban J connectivity index is 2.19. The maximum atomic E-state index is 5.83. The molecule has 0 radical (unpaired) electrons. The van der Waals surface area contributed by atoms with Crippen molar-refractivity contribution in [3.05, 3.63) is 34.9 Å². The Morgan fingerprint density at radius 3 is 2.57 bits per heavy atom. The molecule has 0 aromatic heterocycles. The van der Waals surface area contributed by atoms with Gasteiger partial charge in [0.2, 0.25) is 0 Å². The molecule has 0 fully saturated rings. The van der Waals surface area contributed by atoms with Gasteiger partial charge in [-0.05, 0) is 36.5 Å². The third kappa shape index (κ3) is 2.16. The summed E-state index contributed by atoms with van der Waals surface area (Å²) < 4.78 is 0. The van der Waals surface area contributed by atoms with E-state index in [-0.39, 0.29) is 0 Å². The molecule has 0 saturated heterocycles. The molecule has 14 heavy (non-hydrogen) atoms. The van der Waals surface area contributed by atoms with Crippen molar-refractivity contribution in [3.63, 3.8) is 0 Å². The van der Waals surface area contributed by atoms with Crippen LogP contribution in [0.15, 0.2) is 29.3 Å². The summed E-state index contributed by atoms with van der Waals surface area (Å²) >= 11 is 5.83. The quantitative estimate of drug-likeness (QED) is 0.668. The van der Waals surface area contributed by atoms with Gasteiger partial charge in [-0.15, -0.1) is 0 Å². The lowest BCUT2D eigenvalue weighted by atomic mass is 9.96. The van der Waals surface area contributed by atoms with Gasteiger partial charge in [0.25, 0.3) is 0 Å². The van der Waals surface area contributed by atoms with Crippen molar-refractivity contribution in [2.75, 3.05) is 6.54 Å². The van der Waals surface area contributed by atoms with Crippen molar-refractivity contribution in [1.29, 1.82) is 0 Å². The fourth-order valence-electron chi connectivity index (χ4n) is 1.70. The summed E-state index contributed by atoms with van der Waals surface area (Å²) in [5.74, 6) is 0.742. The number of hydrogen-bond acceptors (Lipinski definition) is 1. The summed E-state index contributed by atoms with van der Waals surface area (Å²) in [4.78, 5) is 4.58. The fourth-order valence-corrected chi connectivity index (χ4v) is 1.82. The summed E-state index contributed by atoms with van der Waals surface area (Å²) in [6, 6.07) is 7.96. The molecule has 0 N–H and O–H groups in total. The van der Waals surface area contributed by atoms with E-state index < -0.39 is 0 Å². The predicted molar refractivity (Wildman–Crippen MR) is 61.3 cm³/mol. The maximum absolute atomic E-state index is 5.83. The molecule has 0 saturated carbocycles. The average molecular weight is 208 g/mol. The fraction of sp³-hybridized carbons (Fsp3) is 0.417. The lowest BCUT2D eigenvalue weighted by Gasteiger charge is -2.17. The van der Waals surface area contributed by atoms with Crippen LogP contribution in [0.2, 0.25) is 5.02 Å². The monoisotopic (exact) mass is 207 g/mol. The van der Waals surface area contributed by atoms with Gasteiger partial charge >= 0.3 is 0 Å². The van der Waals surface area contributed by atoms with Crippen molar-refractivity contribution < 1.29 is 0 Å². The first-order valence-corrected chi connectivity index (χ1v) is 5.43. The Bertz CT molecular complexity index is 340. The minimum absolute atomic E-state index is 0.742. The molecule has 0 bridgehead atoms. The van der Waals surface area contributed by atoms with Crippen molar-refractivity contribution in [1.82, 2.24) is 0 Å². The SMILES string of the molecule is CC1CCC(c2ccc(Cl)cc2)=NC1. The summed E-state index contributed by atoms with van der Waals surface area (Å²) in [5.41, 5.74) is 2.46. The number of benzene rings is 1. The van der Waals surface area contributed by atoms with Crippen molar-refractivity contribution >= 4 is 17.3 Å². The normalized spacial score (nSPS) is 21.9. The molecule has 1 aliphatic rings. The molecule has 1 aromatic rings. The van der Waals surface area contributed by atoms with E-state index in [2.05, 4.69) is 24.0 Å². The van der Waals surface area contributed by atoms with E-state index in [1.165, 1.54) is 17.7 Å². The number of nitrogens with zero attached hydrogens (tertiary/aromatic N) is 1. The van der Waals surface area contributed by atoms with Gasteiger partial charge in [-0.25, -0.2) is 0 Å². The Hall–Kier alpha value is -0.820. The molecule has 1 unspecified atom stereocenters. The molecule has 1 aliphatic heterocycles. The smallest absolute Gasteiger partial charge is 0.0420 e. The van der Waals surface area contributed by atoms with E-state index >= 15 is 0 Å². The molecule has 2 heteroatoms. The zero-order chi connectivity index (χ0) is 9.97. The summed E-state index contributed by atoms with van der Waals surface area (Å²) in [5, 5.41) is 0.790. The Kier molecular flexibility index (Phi) is 2.87. The van der Waals surface area contributed by atoms with Gasteiger partial charge in [-0.2, -0.15) is 0 Å². The van der Waals surface area contributed by atoms with Crippen molar-refractivity contribution in [3.8, 4) is 0 Å². The summed E-state index contributed by atoms with van der Waals surface area (Å²) in [6.07, 6.45) is 2.35. The predicted octanol–water partition coefficient (Wildman–Crippen LogP) is 3.56. The van der Waals surface area contributed by atoms with Crippen molar-refractivity contribution in [2.24, 2.45) is 10.9 Å². The van der Waals surface area contributed by atoms with Gasteiger partial charge < -0.3 is 0 Å². The highest BCUT2D eigenvalue weighted by Crippen LogP contribution is 2.19. The van der Waals surface area contributed by atoms with E-state index in [9.17, 15) is 0 Å². The van der Waals surface area contributed by atoms with Gasteiger partial charge in [0.05, 0.1) is 0 Å². The van der Waals surface area contributed by atoms with Crippen molar-refractivity contribution in [2.45, 2.75) is 19.8 Å². The van der Waals surface area contributed by atoms with Crippen LogP contribution < -0.4 is 0 Å².